The van der Waals surface area contributed by atoms with Crippen molar-refractivity contribution in [3.05, 3.63) is 0 Å². The first-order valence-electron chi connectivity index (χ1n) is 2.13. The predicted octanol–water partition coefficient (Wildman–Crippen LogP) is 0.206. The van der Waals surface area contributed by atoms with E-state index in [0.717, 1.165) is 0 Å². The molecule has 0 unspecified atom stereocenters. The third-order valence-corrected chi connectivity index (χ3v) is 0.888. The van der Waals surface area contributed by atoms with Crippen LogP contribution in [0.4, 0.5) is 0 Å². The minimum atomic E-state index is -0.426. The van der Waals surface area contributed by atoms with E-state index in [1.54, 1.807) is 0 Å². The number of rotatable bonds is 0. The summed E-state index contributed by atoms with van der Waals surface area (Å²) in [6, 6.07) is 0. The van der Waals surface area contributed by atoms with Crippen LogP contribution in [0.15, 0.2) is 0 Å². The van der Waals surface area contributed by atoms with Crippen LogP contribution >= 0.6 is 0 Å². The lowest BCUT2D eigenvalue weighted by molar-refractivity contribution is 0.0703. The Balaban J connectivity index is 2.18. The van der Waals surface area contributed by atoms with Crippen molar-refractivity contribution in [2.24, 2.45) is 0 Å². The van der Waals surface area contributed by atoms with E-state index in [1.165, 1.54) is 0 Å². The summed E-state index contributed by atoms with van der Waals surface area (Å²) in [6.07, 6.45) is 0.282. The molecule has 1 atom stereocenters. The first-order valence-corrected chi connectivity index (χ1v) is 2.13. The molecule has 35 valence electrons. The Morgan fingerprint density at radius 1 is 1.67 bits per heavy atom. The summed E-state index contributed by atoms with van der Waals surface area (Å²) in [7, 11) is 0. The van der Waals surface area contributed by atoms with Crippen LogP contribution in [0.3, 0.4) is 0 Å². The summed E-state index contributed by atoms with van der Waals surface area (Å²) >= 11 is 0. The highest BCUT2D eigenvalue weighted by Gasteiger charge is 2.11. The maximum Gasteiger partial charge on any atom is 0.118 e. The molecule has 1 radical (unpaired) electrons. The molecule has 1 saturated heterocycles. The fourth-order valence-corrected chi connectivity index (χ4v) is 0.513. The topological polar surface area (TPSA) is 29.1 Å². The predicted molar refractivity (Wildman–Crippen MR) is 19.9 cm³/mol. The van der Waals surface area contributed by atoms with E-state index < -0.39 is 6.10 Å². The van der Waals surface area contributed by atoms with E-state index in [0.29, 0.717) is 19.6 Å². The first kappa shape index (κ1) is 4.09. The molecule has 6 heavy (non-hydrogen) atoms. The Morgan fingerprint density at radius 2 is 2.50 bits per heavy atom. The largest absolute Gasteiger partial charge is 0.379 e. The van der Waals surface area contributed by atoms with Gasteiger partial charge in [0.2, 0.25) is 0 Å². The van der Waals surface area contributed by atoms with Crippen LogP contribution in [0.5, 0.6) is 0 Å². The molecule has 1 aliphatic heterocycles. The normalized spacial score (nSPS) is 34.5. The van der Waals surface area contributed by atoms with Crippen LogP contribution in [-0.2, 0) is 9.84 Å². The van der Waals surface area contributed by atoms with Crippen molar-refractivity contribution in [1.29, 1.82) is 0 Å². The van der Waals surface area contributed by atoms with Gasteiger partial charge in [-0.1, -0.05) is 0 Å². The molecule has 1 fully saturated rings. The van der Waals surface area contributed by atoms with Crippen LogP contribution in [0, 0.1) is 0 Å². The molecular weight excluding hydrogens is 80.0 g/mol. The second-order valence-corrected chi connectivity index (χ2v) is 1.49. The molecule has 0 saturated carbocycles. The van der Waals surface area contributed by atoms with Gasteiger partial charge in [-0.2, -0.15) is 0 Å². The van der Waals surface area contributed by atoms with Crippen molar-refractivity contribution in [2.45, 2.75) is 12.5 Å². The van der Waals surface area contributed by atoms with E-state index in [2.05, 4.69) is 0 Å². The van der Waals surface area contributed by atoms with Crippen LogP contribution in [0.25, 0.3) is 0 Å². The van der Waals surface area contributed by atoms with Crippen LogP contribution in [0.2, 0.25) is 0 Å². The number of hydrogen-bond acceptors (Lipinski definition) is 1. The van der Waals surface area contributed by atoms with E-state index >= 15 is 0 Å². The van der Waals surface area contributed by atoms with Gasteiger partial charge in [0.15, 0.2) is 0 Å². The van der Waals surface area contributed by atoms with Gasteiger partial charge >= 0.3 is 0 Å². The van der Waals surface area contributed by atoms with Gasteiger partial charge in [0, 0.05) is 13.0 Å². The van der Waals surface area contributed by atoms with Crippen LogP contribution in [0.1, 0.15) is 6.42 Å². The molecule has 0 amide bonds. The molecule has 0 aliphatic carbocycles. The lowest BCUT2D eigenvalue weighted by atomic mass is 10.3. The SMILES string of the molecule is [O][C@@H]1CCOC1. The third-order valence-electron chi connectivity index (χ3n) is 0.888. The summed E-state index contributed by atoms with van der Waals surface area (Å²) in [4.78, 5) is 0. The number of hydrogen-bond donors (Lipinski definition) is 0. The lowest BCUT2D eigenvalue weighted by Crippen LogP contribution is -2.00. The highest BCUT2D eigenvalue weighted by molar-refractivity contribution is 4.58. The minimum absolute atomic E-state index is 0.426. The van der Waals surface area contributed by atoms with Crippen molar-refractivity contribution >= 4 is 0 Å². The highest BCUT2D eigenvalue weighted by Crippen LogP contribution is 2.01. The second kappa shape index (κ2) is 1.58. The van der Waals surface area contributed by atoms with Crippen LogP contribution in [-0.4, -0.2) is 19.3 Å². The van der Waals surface area contributed by atoms with E-state index in [4.69, 9.17) is 4.74 Å². The Kier molecular flexibility index (Phi) is 1.08. The van der Waals surface area contributed by atoms with Gasteiger partial charge in [-0.15, -0.1) is 0 Å². The van der Waals surface area contributed by atoms with Crippen molar-refractivity contribution in [1.82, 2.24) is 0 Å². The summed E-state index contributed by atoms with van der Waals surface area (Å²) in [5, 5.41) is 10.2. The van der Waals surface area contributed by atoms with Crippen molar-refractivity contribution in [2.75, 3.05) is 13.2 Å². The standard InChI is InChI=1S/C4H7O2/c5-4-1-2-6-3-4/h4H,1-3H2/t4-/m1/s1. The Morgan fingerprint density at radius 3 is 2.67 bits per heavy atom. The lowest BCUT2D eigenvalue weighted by Gasteiger charge is -1.85. The van der Waals surface area contributed by atoms with Gasteiger partial charge in [0.05, 0.1) is 6.61 Å². The zero-order chi connectivity index (χ0) is 4.41. The molecule has 1 heterocycles. The molecule has 1 aliphatic rings. The highest BCUT2D eigenvalue weighted by atomic mass is 16.5. The Labute approximate surface area is 36.7 Å². The van der Waals surface area contributed by atoms with Gasteiger partial charge in [-0.25, -0.2) is 5.11 Å². The third kappa shape index (κ3) is 0.698. The fraction of sp³-hybridized carbons (Fsp3) is 1.00. The molecule has 0 spiro atoms. The Hall–Kier alpha value is -0.0800. The molecular formula is C4H7O2. The molecule has 0 aromatic carbocycles. The fourth-order valence-electron chi connectivity index (χ4n) is 0.513. The quantitative estimate of drug-likeness (QED) is 0.415. The first-order chi connectivity index (χ1) is 2.89. The van der Waals surface area contributed by atoms with Crippen molar-refractivity contribution in [3.8, 4) is 0 Å². The average molecular weight is 87.1 g/mol. The maximum atomic E-state index is 10.2. The van der Waals surface area contributed by atoms with Gasteiger partial charge in [0.25, 0.3) is 0 Å². The smallest absolute Gasteiger partial charge is 0.118 e. The number of ether oxygens (including phenoxy) is 1. The Bertz CT molecular complexity index is 38.8. The average Bonchev–Trinajstić information content (AvgIpc) is 1.86. The van der Waals surface area contributed by atoms with E-state index in [1.807, 2.05) is 0 Å². The molecule has 0 aromatic rings. The van der Waals surface area contributed by atoms with Gasteiger partial charge in [-0.05, 0) is 0 Å². The molecule has 0 aromatic heterocycles. The van der Waals surface area contributed by atoms with E-state index in [9.17, 15) is 5.11 Å². The van der Waals surface area contributed by atoms with Gasteiger partial charge in [-0.3, -0.25) is 0 Å². The minimum Gasteiger partial charge on any atom is -0.379 e. The van der Waals surface area contributed by atoms with Crippen molar-refractivity contribution in [3.63, 3.8) is 0 Å². The van der Waals surface area contributed by atoms with Crippen molar-refractivity contribution < 1.29 is 9.84 Å². The molecule has 0 bridgehead atoms. The molecule has 2 heteroatoms. The molecule has 1 rings (SSSR count). The zero-order valence-corrected chi connectivity index (χ0v) is 3.52. The zero-order valence-electron chi connectivity index (χ0n) is 3.52. The van der Waals surface area contributed by atoms with Gasteiger partial charge < -0.3 is 4.74 Å². The summed E-state index contributed by atoms with van der Waals surface area (Å²) in [5.74, 6) is 0. The maximum absolute atomic E-state index is 10.2. The van der Waals surface area contributed by atoms with Crippen LogP contribution < -0.4 is 0 Å². The van der Waals surface area contributed by atoms with Gasteiger partial charge in [0.1, 0.15) is 6.10 Å². The molecule has 2 nitrogen and oxygen atoms in total. The summed E-state index contributed by atoms with van der Waals surface area (Å²) in [6.45, 7) is 1.11. The summed E-state index contributed by atoms with van der Waals surface area (Å²) < 4.78 is 4.74. The molecule has 0 N–H and O–H groups in total. The second-order valence-electron chi connectivity index (χ2n) is 1.49. The monoisotopic (exact) mass is 87.0 g/mol. The summed E-state index contributed by atoms with van der Waals surface area (Å²) in [5.41, 5.74) is 0. The van der Waals surface area contributed by atoms with E-state index in [-0.39, 0.29) is 0 Å².